The van der Waals surface area contributed by atoms with Crippen LogP contribution in [0.3, 0.4) is 0 Å². The number of hydrogen-bond acceptors (Lipinski definition) is 3. The number of benzene rings is 1. The molecule has 1 aromatic heterocycles. The second kappa shape index (κ2) is 5.79. The van der Waals surface area contributed by atoms with Gasteiger partial charge >= 0.3 is 6.18 Å². The van der Waals surface area contributed by atoms with Crippen molar-refractivity contribution in [3.8, 4) is 0 Å². The van der Waals surface area contributed by atoms with Crippen molar-refractivity contribution in [3.05, 3.63) is 44.7 Å². The summed E-state index contributed by atoms with van der Waals surface area (Å²) in [6.07, 6.45) is -4.47. The quantitative estimate of drug-likeness (QED) is 0.761. The number of hydrogen-bond donors (Lipinski definition) is 1. The lowest BCUT2D eigenvalue weighted by molar-refractivity contribution is -0.137. The molecule has 0 unspecified atom stereocenters. The minimum Gasteiger partial charge on any atom is -0.279 e. The number of nitrogens with one attached hydrogen (secondary N) is 1. The third kappa shape index (κ3) is 3.91. The summed E-state index contributed by atoms with van der Waals surface area (Å²) in [6.45, 7) is 0. The van der Waals surface area contributed by atoms with Gasteiger partial charge in [0, 0.05) is 10.2 Å². The highest BCUT2D eigenvalue weighted by Gasteiger charge is 2.30. The van der Waals surface area contributed by atoms with Gasteiger partial charge in [0.1, 0.15) is 8.55 Å². The lowest BCUT2D eigenvalue weighted by Crippen LogP contribution is -2.12. The number of rotatable bonds is 3. The molecule has 0 saturated heterocycles. The van der Waals surface area contributed by atoms with E-state index in [-0.39, 0.29) is 14.2 Å². The van der Waals surface area contributed by atoms with Crippen LogP contribution in [0.2, 0.25) is 4.34 Å². The molecule has 0 saturated carbocycles. The van der Waals surface area contributed by atoms with Crippen molar-refractivity contribution in [1.82, 2.24) is 0 Å². The zero-order valence-electron chi connectivity index (χ0n) is 9.91. The standard InChI is InChI=1S/C11H6BrClF3NO2S2/c12-8-5-9(20-10(8)13)21(18,19)17-7-3-1-6(2-4-7)11(14,15)16/h1-5,17H. The number of alkyl halides is 3. The molecule has 2 aromatic rings. The van der Waals surface area contributed by atoms with Crippen molar-refractivity contribution in [2.24, 2.45) is 0 Å². The maximum Gasteiger partial charge on any atom is 0.416 e. The van der Waals surface area contributed by atoms with Crippen LogP contribution in [0.1, 0.15) is 5.56 Å². The number of halogens is 5. The van der Waals surface area contributed by atoms with Gasteiger partial charge in [-0.15, -0.1) is 11.3 Å². The summed E-state index contributed by atoms with van der Waals surface area (Å²) in [4.78, 5) is 0. The largest absolute Gasteiger partial charge is 0.416 e. The summed E-state index contributed by atoms with van der Waals surface area (Å²) >= 11 is 9.69. The molecule has 1 N–H and O–H groups in total. The van der Waals surface area contributed by atoms with E-state index in [1.807, 2.05) is 0 Å². The van der Waals surface area contributed by atoms with Crippen molar-refractivity contribution < 1.29 is 21.6 Å². The SMILES string of the molecule is O=S(=O)(Nc1ccc(C(F)(F)F)cc1)c1cc(Br)c(Cl)s1. The predicted molar refractivity (Wildman–Crippen MR) is 79.3 cm³/mol. The lowest BCUT2D eigenvalue weighted by atomic mass is 10.2. The Morgan fingerprint density at radius 1 is 1.19 bits per heavy atom. The summed E-state index contributed by atoms with van der Waals surface area (Å²) in [7, 11) is -3.89. The van der Waals surface area contributed by atoms with E-state index in [1.165, 1.54) is 6.07 Å². The summed E-state index contributed by atoms with van der Waals surface area (Å²) in [5, 5.41) is 0. The van der Waals surface area contributed by atoms with Crippen LogP contribution in [0.25, 0.3) is 0 Å². The van der Waals surface area contributed by atoms with Gasteiger partial charge in [0.25, 0.3) is 10.0 Å². The molecular formula is C11H6BrClF3NO2S2. The van der Waals surface area contributed by atoms with E-state index in [1.54, 1.807) is 0 Å². The minimum absolute atomic E-state index is 0.0312. The van der Waals surface area contributed by atoms with Gasteiger partial charge in [-0.2, -0.15) is 13.2 Å². The molecule has 0 fully saturated rings. The van der Waals surface area contributed by atoms with Crippen molar-refractivity contribution in [3.63, 3.8) is 0 Å². The number of anilines is 1. The third-order valence-corrected chi connectivity index (χ3v) is 6.68. The first-order valence-corrected chi connectivity index (χ1v) is 8.71. The van der Waals surface area contributed by atoms with Crippen LogP contribution in [-0.2, 0) is 16.2 Å². The zero-order valence-corrected chi connectivity index (χ0v) is 13.9. The smallest absolute Gasteiger partial charge is 0.279 e. The van der Waals surface area contributed by atoms with Gasteiger partial charge in [-0.3, -0.25) is 4.72 Å². The van der Waals surface area contributed by atoms with Gasteiger partial charge in [0.2, 0.25) is 0 Å². The Morgan fingerprint density at radius 3 is 2.19 bits per heavy atom. The van der Waals surface area contributed by atoms with Gasteiger partial charge in [-0.05, 0) is 46.3 Å². The molecule has 0 atom stereocenters. The molecule has 0 aliphatic rings. The Balaban J connectivity index is 2.25. The fraction of sp³-hybridized carbons (Fsp3) is 0.0909. The van der Waals surface area contributed by atoms with E-state index in [2.05, 4.69) is 20.7 Å². The highest BCUT2D eigenvalue weighted by Crippen LogP contribution is 2.35. The van der Waals surface area contributed by atoms with Gasteiger partial charge in [-0.1, -0.05) is 11.6 Å². The fourth-order valence-corrected chi connectivity index (χ4v) is 4.75. The summed E-state index contributed by atoms with van der Waals surface area (Å²) in [5.74, 6) is 0. The van der Waals surface area contributed by atoms with Gasteiger partial charge in [0.15, 0.2) is 0 Å². The molecule has 3 nitrogen and oxygen atoms in total. The average Bonchev–Trinajstić information content (AvgIpc) is 2.69. The van der Waals surface area contributed by atoms with Crippen molar-refractivity contribution in [2.75, 3.05) is 4.72 Å². The monoisotopic (exact) mass is 419 g/mol. The minimum atomic E-state index is -4.47. The highest BCUT2D eigenvalue weighted by molar-refractivity contribution is 9.10. The van der Waals surface area contributed by atoms with E-state index >= 15 is 0 Å². The van der Waals surface area contributed by atoms with Crippen LogP contribution in [-0.4, -0.2) is 8.42 Å². The molecule has 2 rings (SSSR count). The second-order valence-corrected chi connectivity index (χ2v) is 8.29. The summed E-state index contributed by atoms with van der Waals surface area (Å²) in [6, 6.07) is 5.01. The van der Waals surface area contributed by atoms with E-state index in [0.29, 0.717) is 4.47 Å². The van der Waals surface area contributed by atoms with Crippen LogP contribution < -0.4 is 4.72 Å². The van der Waals surface area contributed by atoms with E-state index in [0.717, 1.165) is 35.6 Å². The summed E-state index contributed by atoms with van der Waals surface area (Å²) < 4.78 is 64.2. The lowest BCUT2D eigenvalue weighted by Gasteiger charge is -2.09. The molecule has 10 heteroatoms. The molecule has 0 radical (unpaired) electrons. The predicted octanol–water partition coefficient (Wildman–Crippen LogP) is 4.98. The molecule has 0 spiro atoms. The second-order valence-electron chi connectivity index (χ2n) is 3.87. The van der Waals surface area contributed by atoms with Gasteiger partial charge in [-0.25, -0.2) is 8.42 Å². The maximum atomic E-state index is 12.4. The van der Waals surface area contributed by atoms with Crippen LogP contribution in [0.5, 0.6) is 0 Å². The number of sulfonamides is 1. The Morgan fingerprint density at radius 2 is 1.76 bits per heavy atom. The van der Waals surface area contributed by atoms with E-state index < -0.39 is 21.8 Å². The molecule has 0 aliphatic carbocycles. The molecule has 0 amide bonds. The summed E-state index contributed by atoms with van der Waals surface area (Å²) in [5.41, 5.74) is -0.823. The van der Waals surface area contributed by atoms with Gasteiger partial charge < -0.3 is 0 Å². The number of thiophene rings is 1. The van der Waals surface area contributed by atoms with Crippen LogP contribution in [0.4, 0.5) is 18.9 Å². The Hall–Kier alpha value is -0.770. The first kappa shape index (κ1) is 16.6. The first-order chi connectivity index (χ1) is 9.59. The molecule has 1 aromatic carbocycles. The molecule has 0 aliphatic heterocycles. The molecule has 21 heavy (non-hydrogen) atoms. The van der Waals surface area contributed by atoms with Crippen LogP contribution in [0.15, 0.2) is 39.0 Å². The Kier molecular flexibility index (Phi) is 4.57. The van der Waals surface area contributed by atoms with Crippen LogP contribution >= 0.6 is 38.9 Å². The average molecular weight is 421 g/mol. The van der Waals surface area contributed by atoms with Crippen molar-refractivity contribution >= 4 is 54.6 Å². The molecule has 0 bridgehead atoms. The fourth-order valence-electron chi connectivity index (χ4n) is 1.39. The van der Waals surface area contributed by atoms with Crippen molar-refractivity contribution in [1.29, 1.82) is 0 Å². The van der Waals surface area contributed by atoms with E-state index in [4.69, 9.17) is 11.6 Å². The zero-order chi connectivity index (χ0) is 15.8. The van der Waals surface area contributed by atoms with E-state index in [9.17, 15) is 21.6 Å². The van der Waals surface area contributed by atoms with Crippen LogP contribution in [0, 0.1) is 0 Å². The molecule has 1 heterocycles. The van der Waals surface area contributed by atoms with Gasteiger partial charge in [0.05, 0.1) is 5.56 Å². The Bertz CT molecular complexity index is 737. The molecule has 114 valence electrons. The van der Waals surface area contributed by atoms with Crippen molar-refractivity contribution in [2.45, 2.75) is 10.4 Å². The first-order valence-electron chi connectivity index (χ1n) is 5.24. The topological polar surface area (TPSA) is 46.2 Å². The Labute approximate surface area is 135 Å². The highest BCUT2D eigenvalue weighted by atomic mass is 79.9. The maximum absolute atomic E-state index is 12.4. The molecular weight excluding hydrogens is 415 g/mol. The third-order valence-electron chi connectivity index (χ3n) is 2.35. The normalized spacial score (nSPS) is 12.4.